The van der Waals surface area contributed by atoms with E-state index < -0.39 is 0 Å². The third kappa shape index (κ3) is 1.70. The normalized spacial score (nSPS) is 13.2. The number of halogens is 1. The molecule has 1 aliphatic rings. The van der Waals surface area contributed by atoms with Gasteiger partial charge in [0.15, 0.2) is 0 Å². The maximum Gasteiger partial charge on any atom is 0.254 e. The molecular weight excluding hydrogens is 238 g/mol. The Morgan fingerprint density at radius 1 is 1.35 bits per heavy atom. The van der Waals surface area contributed by atoms with Crippen LogP contribution >= 0.6 is 11.6 Å². The Hall–Kier alpha value is -1.81. The van der Waals surface area contributed by atoms with Gasteiger partial charge in [-0.05, 0) is 24.6 Å². The zero-order chi connectivity index (χ0) is 11.8. The molecule has 5 heteroatoms. The van der Waals surface area contributed by atoms with Crippen LogP contribution in [0.2, 0.25) is 5.02 Å². The number of aromatic amines is 1. The van der Waals surface area contributed by atoms with Gasteiger partial charge in [-0.25, -0.2) is 4.98 Å². The third-order valence-corrected chi connectivity index (χ3v) is 3.11. The van der Waals surface area contributed by atoms with Crippen LogP contribution in [0, 0.1) is 0 Å². The molecule has 2 N–H and O–H groups in total. The molecule has 0 spiro atoms. The lowest BCUT2D eigenvalue weighted by molar-refractivity contribution is 0.972. The van der Waals surface area contributed by atoms with Gasteiger partial charge in [-0.2, -0.15) is 0 Å². The molecule has 1 aromatic heterocycles. The van der Waals surface area contributed by atoms with E-state index >= 15 is 0 Å². The Kier molecular flexibility index (Phi) is 2.37. The molecule has 0 saturated carbocycles. The monoisotopic (exact) mass is 247 g/mol. The summed E-state index contributed by atoms with van der Waals surface area (Å²) in [5.41, 5.74) is 3.24. The van der Waals surface area contributed by atoms with Crippen molar-refractivity contribution in [3.05, 3.63) is 45.5 Å². The first-order valence-electron chi connectivity index (χ1n) is 5.36. The average Bonchev–Trinajstić information content (AvgIpc) is 2.49. The molecule has 0 aliphatic carbocycles. The smallest absolute Gasteiger partial charge is 0.254 e. The number of H-pyrrole nitrogens is 1. The quantitative estimate of drug-likeness (QED) is 0.749. The summed E-state index contributed by atoms with van der Waals surface area (Å²) in [5, 5.41) is 3.93. The highest BCUT2D eigenvalue weighted by Crippen LogP contribution is 2.32. The minimum atomic E-state index is -0.0698. The molecule has 0 fully saturated rings. The second kappa shape index (κ2) is 3.89. The van der Waals surface area contributed by atoms with Gasteiger partial charge in [0.25, 0.3) is 5.56 Å². The Labute approximate surface area is 103 Å². The molecule has 1 aromatic carbocycles. The second-order valence-corrected chi connectivity index (χ2v) is 4.36. The summed E-state index contributed by atoms with van der Waals surface area (Å²) >= 11 is 5.96. The van der Waals surface area contributed by atoms with Crippen molar-refractivity contribution in [3.63, 3.8) is 0 Å². The SMILES string of the molecule is O=c1[nH]cnc2c1CCNc1cc(Cl)ccc1-2. The van der Waals surface area contributed by atoms with E-state index in [4.69, 9.17) is 11.6 Å². The van der Waals surface area contributed by atoms with E-state index in [2.05, 4.69) is 15.3 Å². The fourth-order valence-corrected chi connectivity index (χ4v) is 2.26. The van der Waals surface area contributed by atoms with Gasteiger partial charge >= 0.3 is 0 Å². The van der Waals surface area contributed by atoms with Crippen molar-refractivity contribution in [3.8, 4) is 11.3 Å². The van der Waals surface area contributed by atoms with Gasteiger partial charge in [-0.1, -0.05) is 11.6 Å². The van der Waals surface area contributed by atoms with E-state index in [1.807, 2.05) is 12.1 Å². The summed E-state index contributed by atoms with van der Waals surface area (Å²) in [7, 11) is 0. The van der Waals surface area contributed by atoms with Crippen LogP contribution in [0.5, 0.6) is 0 Å². The average molecular weight is 248 g/mol. The Bertz CT molecular complexity index is 636. The fraction of sp³-hybridized carbons (Fsp3) is 0.167. The number of rotatable bonds is 0. The minimum Gasteiger partial charge on any atom is -0.384 e. The molecule has 2 aromatic rings. The molecule has 1 aliphatic heterocycles. The number of hydrogen-bond donors (Lipinski definition) is 2. The summed E-state index contributed by atoms with van der Waals surface area (Å²) in [6, 6.07) is 5.55. The lowest BCUT2D eigenvalue weighted by atomic mass is 10.1. The Morgan fingerprint density at radius 2 is 2.24 bits per heavy atom. The van der Waals surface area contributed by atoms with Gasteiger partial charge in [0.1, 0.15) is 0 Å². The number of aromatic nitrogens is 2. The molecule has 0 amide bonds. The van der Waals surface area contributed by atoms with E-state index in [-0.39, 0.29) is 5.56 Å². The first kappa shape index (κ1) is 10.4. The highest BCUT2D eigenvalue weighted by atomic mass is 35.5. The predicted molar refractivity (Wildman–Crippen MR) is 67.5 cm³/mol. The van der Waals surface area contributed by atoms with Crippen molar-refractivity contribution in [1.82, 2.24) is 9.97 Å². The largest absolute Gasteiger partial charge is 0.384 e. The second-order valence-electron chi connectivity index (χ2n) is 3.93. The van der Waals surface area contributed by atoms with E-state index in [0.717, 1.165) is 22.5 Å². The van der Waals surface area contributed by atoms with Crippen molar-refractivity contribution in [2.75, 3.05) is 11.9 Å². The summed E-state index contributed by atoms with van der Waals surface area (Å²) in [5.74, 6) is 0. The predicted octanol–water partition coefficient (Wildman–Crippen LogP) is 2.06. The zero-order valence-corrected chi connectivity index (χ0v) is 9.71. The highest BCUT2D eigenvalue weighted by Gasteiger charge is 2.17. The molecule has 86 valence electrons. The molecule has 0 saturated heterocycles. The molecule has 17 heavy (non-hydrogen) atoms. The number of nitrogens with zero attached hydrogens (tertiary/aromatic N) is 1. The minimum absolute atomic E-state index is 0.0698. The number of anilines is 1. The first-order valence-corrected chi connectivity index (χ1v) is 5.74. The third-order valence-electron chi connectivity index (χ3n) is 2.88. The standard InChI is InChI=1S/C12H10ClN3O/c13-7-1-2-8-10(5-7)14-4-3-9-11(8)15-6-16-12(9)17/h1-2,5-6,14H,3-4H2,(H,15,16,17). The number of fused-ring (bicyclic) bond motifs is 3. The Balaban J connectivity index is 2.31. The van der Waals surface area contributed by atoms with E-state index in [0.29, 0.717) is 18.0 Å². The molecule has 0 unspecified atom stereocenters. The van der Waals surface area contributed by atoms with Crippen molar-refractivity contribution in [2.45, 2.75) is 6.42 Å². The van der Waals surface area contributed by atoms with Gasteiger partial charge in [0, 0.05) is 28.4 Å². The molecule has 3 rings (SSSR count). The van der Waals surface area contributed by atoms with E-state index in [1.54, 1.807) is 6.07 Å². The lowest BCUT2D eigenvalue weighted by Crippen LogP contribution is -2.16. The first-order chi connectivity index (χ1) is 8.25. The van der Waals surface area contributed by atoms with Crippen LogP contribution in [0.3, 0.4) is 0 Å². The zero-order valence-electron chi connectivity index (χ0n) is 8.96. The number of nitrogens with one attached hydrogen (secondary N) is 2. The lowest BCUT2D eigenvalue weighted by Gasteiger charge is -2.08. The Morgan fingerprint density at radius 3 is 3.12 bits per heavy atom. The van der Waals surface area contributed by atoms with Crippen LogP contribution in [-0.2, 0) is 6.42 Å². The highest BCUT2D eigenvalue weighted by molar-refractivity contribution is 6.31. The number of hydrogen-bond acceptors (Lipinski definition) is 3. The van der Waals surface area contributed by atoms with Gasteiger partial charge in [0.05, 0.1) is 12.0 Å². The summed E-state index contributed by atoms with van der Waals surface area (Å²) in [6.45, 7) is 0.703. The molecule has 4 nitrogen and oxygen atoms in total. The molecule has 0 radical (unpaired) electrons. The van der Waals surface area contributed by atoms with Gasteiger partial charge in [-0.15, -0.1) is 0 Å². The van der Waals surface area contributed by atoms with Crippen molar-refractivity contribution < 1.29 is 0 Å². The van der Waals surface area contributed by atoms with Crippen LogP contribution in [-0.4, -0.2) is 16.5 Å². The van der Waals surface area contributed by atoms with E-state index in [9.17, 15) is 4.79 Å². The van der Waals surface area contributed by atoms with Crippen molar-refractivity contribution >= 4 is 17.3 Å². The number of benzene rings is 1. The maximum absolute atomic E-state index is 11.7. The summed E-state index contributed by atoms with van der Waals surface area (Å²) < 4.78 is 0. The fourth-order valence-electron chi connectivity index (χ4n) is 2.08. The van der Waals surface area contributed by atoms with Gasteiger partial charge in [-0.3, -0.25) is 4.79 Å². The molecular formula is C12H10ClN3O. The van der Waals surface area contributed by atoms with Crippen molar-refractivity contribution in [2.24, 2.45) is 0 Å². The molecule has 0 atom stereocenters. The van der Waals surface area contributed by atoms with E-state index in [1.165, 1.54) is 6.33 Å². The summed E-state index contributed by atoms with van der Waals surface area (Å²) in [4.78, 5) is 18.6. The van der Waals surface area contributed by atoms with Crippen LogP contribution in [0.1, 0.15) is 5.56 Å². The van der Waals surface area contributed by atoms with Crippen LogP contribution in [0.4, 0.5) is 5.69 Å². The topological polar surface area (TPSA) is 57.8 Å². The molecule has 0 bridgehead atoms. The molecule has 2 heterocycles. The maximum atomic E-state index is 11.7. The van der Waals surface area contributed by atoms with Crippen LogP contribution in [0.25, 0.3) is 11.3 Å². The van der Waals surface area contributed by atoms with Crippen LogP contribution in [0.15, 0.2) is 29.3 Å². The van der Waals surface area contributed by atoms with Gasteiger partial charge < -0.3 is 10.3 Å². The summed E-state index contributed by atoms with van der Waals surface area (Å²) in [6.07, 6.45) is 2.09. The van der Waals surface area contributed by atoms with Gasteiger partial charge in [0.2, 0.25) is 0 Å². The van der Waals surface area contributed by atoms with Crippen molar-refractivity contribution in [1.29, 1.82) is 0 Å². The van der Waals surface area contributed by atoms with Crippen LogP contribution < -0.4 is 10.9 Å².